The van der Waals surface area contributed by atoms with E-state index in [0.717, 1.165) is 62.8 Å². The van der Waals surface area contributed by atoms with Crippen molar-refractivity contribution in [1.82, 2.24) is 0 Å². The minimum Gasteiger partial charge on any atom is -0.0897 e. The molecule has 0 heterocycles. The molecule has 0 saturated heterocycles. The first-order valence-corrected chi connectivity index (χ1v) is 17.7. The Hall–Kier alpha value is 0.340. The molecular weight excluding hydrogens is 434 g/mol. The predicted molar refractivity (Wildman–Crippen MR) is 147 cm³/mol. The van der Waals surface area contributed by atoms with Crippen molar-refractivity contribution < 1.29 is 0 Å². The summed E-state index contributed by atoms with van der Waals surface area (Å²) < 4.78 is 0. The molecule has 8 saturated carbocycles. The second kappa shape index (κ2) is 7.92. The molecular formula is C31H48P2. The highest BCUT2D eigenvalue weighted by molar-refractivity contribution is 7.68. The highest BCUT2D eigenvalue weighted by Gasteiger charge is 2.64. The van der Waals surface area contributed by atoms with Gasteiger partial charge in [-0.15, -0.1) is 0 Å². The quantitative estimate of drug-likeness (QED) is 0.331. The van der Waals surface area contributed by atoms with Gasteiger partial charge in [-0.1, -0.05) is 61.8 Å². The van der Waals surface area contributed by atoms with Gasteiger partial charge in [-0.3, -0.25) is 0 Å². The average molecular weight is 483 g/mol. The molecule has 9 aliphatic rings. The fraction of sp³-hybridized carbons (Fsp3) is 0.871. The molecule has 9 aliphatic carbocycles. The molecule has 1 unspecified atom stereocenters. The maximum atomic E-state index is 2.76. The van der Waals surface area contributed by atoms with Crippen LogP contribution >= 0.6 is 15.8 Å². The Bertz CT molecular complexity index is 724. The van der Waals surface area contributed by atoms with Crippen LogP contribution in [-0.4, -0.2) is 27.3 Å². The minimum atomic E-state index is -0.0165. The molecule has 9 rings (SSSR count). The first-order valence-electron chi connectivity index (χ1n) is 14.8. The fourth-order valence-corrected chi connectivity index (χ4v) is 21.1. The molecule has 8 fully saturated rings. The predicted octanol–water partition coefficient (Wildman–Crippen LogP) is 9.53. The van der Waals surface area contributed by atoms with Crippen LogP contribution in [0.4, 0.5) is 0 Å². The minimum absolute atomic E-state index is 0.0165. The zero-order valence-electron chi connectivity index (χ0n) is 21.8. The Balaban J connectivity index is 1.34. The van der Waals surface area contributed by atoms with Gasteiger partial charge in [0.25, 0.3) is 0 Å². The van der Waals surface area contributed by atoms with Crippen LogP contribution in [0, 0.1) is 35.5 Å². The van der Waals surface area contributed by atoms with Crippen molar-refractivity contribution in [2.75, 3.05) is 0 Å². The lowest BCUT2D eigenvalue weighted by molar-refractivity contribution is 0.0191. The van der Waals surface area contributed by atoms with Crippen LogP contribution in [0.1, 0.15) is 105 Å². The van der Waals surface area contributed by atoms with Gasteiger partial charge in [0.05, 0.1) is 0 Å². The zero-order chi connectivity index (χ0) is 22.5. The van der Waals surface area contributed by atoms with Crippen LogP contribution in [0.15, 0.2) is 23.5 Å². The van der Waals surface area contributed by atoms with E-state index in [2.05, 4.69) is 51.2 Å². The maximum Gasteiger partial charge on any atom is 0.0233 e. The monoisotopic (exact) mass is 482 g/mol. The number of hydrogen-bond acceptors (Lipinski definition) is 0. The molecule has 0 nitrogen and oxygen atoms in total. The second-order valence-corrected chi connectivity index (χ2v) is 21.3. The highest BCUT2D eigenvalue weighted by atomic mass is 31.1. The molecule has 0 aliphatic heterocycles. The van der Waals surface area contributed by atoms with E-state index in [1.807, 2.05) is 0 Å². The normalized spacial score (nSPS) is 50.3. The van der Waals surface area contributed by atoms with Gasteiger partial charge in [0.15, 0.2) is 0 Å². The van der Waals surface area contributed by atoms with E-state index in [1.165, 1.54) is 0 Å². The lowest BCUT2D eigenvalue weighted by Gasteiger charge is -2.68. The average Bonchev–Trinajstić information content (AvgIpc) is 3.13. The van der Waals surface area contributed by atoms with Gasteiger partial charge in [0.1, 0.15) is 0 Å². The molecule has 0 amide bonds. The van der Waals surface area contributed by atoms with Crippen molar-refractivity contribution in [3.63, 3.8) is 0 Å². The Morgan fingerprint density at radius 3 is 1.33 bits per heavy atom. The van der Waals surface area contributed by atoms with Crippen molar-refractivity contribution in [2.45, 2.75) is 132 Å². The third-order valence-electron chi connectivity index (χ3n) is 11.6. The van der Waals surface area contributed by atoms with E-state index in [1.54, 1.807) is 77.0 Å². The van der Waals surface area contributed by atoms with Gasteiger partial charge in [0.2, 0.25) is 0 Å². The van der Waals surface area contributed by atoms with E-state index in [0.29, 0.717) is 0 Å². The largest absolute Gasteiger partial charge is 0.0897 e. The smallest absolute Gasteiger partial charge is 0.0233 e. The van der Waals surface area contributed by atoms with Crippen LogP contribution in [0.5, 0.6) is 0 Å². The molecule has 0 aromatic heterocycles. The zero-order valence-corrected chi connectivity index (χ0v) is 23.6. The van der Waals surface area contributed by atoms with Crippen LogP contribution in [0.3, 0.4) is 0 Å². The van der Waals surface area contributed by atoms with E-state index in [9.17, 15) is 0 Å². The summed E-state index contributed by atoms with van der Waals surface area (Å²) in [6.07, 6.45) is 27.5. The first kappa shape index (κ1) is 22.5. The molecule has 0 aromatic carbocycles. The SMILES string of the molecule is CC(C)P(C(C)C)C1C=CC=C1P(C12CC3CC(CC(C3)C1)C2)C12CC3CC(CC(C3)C1)C2. The van der Waals surface area contributed by atoms with E-state index in [-0.39, 0.29) is 15.8 Å². The Kier molecular flexibility index (Phi) is 5.41. The third-order valence-corrected chi connectivity index (χ3v) is 19.2. The topological polar surface area (TPSA) is 0 Å². The van der Waals surface area contributed by atoms with Crippen LogP contribution in [-0.2, 0) is 0 Å². The van der Waals surface area contributed by atoms with Crippen LogP contribution in [0.2, 0.25) is 0 Å². The lowest BCUT2D eigenvalue weighted by Crippen LogP contribution is -2.57. The van der Waals surface area contributed by atoms with Crippen molar-refractivity contribution in [3.05, 3.63) is 23.5 Å². The molecule has 1 atom stereocenters. The molecule has 8 bridgehead atoms. The van der Waals surface area contributed by atoms with Gasteiger partial charge >= 0.3 is 0 Å². The summed E-state index contributed by atoms with van der Waals surface area (Å²) in [5.41, 5.74) is 2.51. The molecule has 0 spiro atoms. The second-order valence-electron chi connectivity index (χ2n) is 14.7. The first-order chi connectivity index (χ1) is 15.8. The van der Waals surface area contributed by atoms with Gasteiger partial charge in [-0.05, 0) is 140 Å². The summed E-state index contributed by atoms with van der Waals surface area (Å²) >= 11 is 0. The van der Waals surface area contributed by atoms with Gasteiger partial charge in [0, 0.05) is 5.66 Å². The molecule has 0 aromatic rings. The fourth-order valence-electron chi connectivity index (χ4n) is 11.9. The number of allylic oxidation sites excluding steroid dienone is 4. The van der Waals surface area contributed by atoms with E-state index >= 15 is 0 Å². The maximum absolute atomic E-state index is 2.76. The summed E-state index contributed by atoms with van der Waals surface area (Å²) in [5.74, 6) is 6.58. The summed E-state index contributed by atoms with van der Waals surface area (Å²) in [4.78, 5) is 0. The van der Waals surface area contributed by atoms with Crippen molar-refractivity contribution >= 4 is 15.8 Å². The van der Waals surface area contributed by atoms with Gasteiger partial charge in [-0.25, -0.2) is 0 Å². The summed E-state index contributed by atoms with van der Waals surface area (Å²) in [6, 6.07) is 0. The molecule has 182 valence electrons. The number of rotatable bonds is 6. The Morgan fingerprint density at radius 2 is 1.00 bits per heavy atom. The summed E-state index contributed by atoms with van der Waals surface area (Å²) in [7, 11) is 0.0104. The van der Waals surface area contributed by atoms with Crippen LogP contribution in [0.25, 0.3) is 0 Å². The molecule has 0 N–H and O–H groups in total. The molecule has 33 heavy (non-hydrogen) atoms. The van der Waals surface area contributed by atoms with Gasteiger partial charge in [-0.2, -0.15) is 0 Å². The van der Waals surface area contributed by atoms with Crippen LogP contribution < -0.4 is 0 Å². The Labute approximate surface area is 206 Å². The summed E-state index contributed by atoms with van der Waals surface area (Å²) in [6.45, 7) is 10.2. The van der Waals surface area contributed by atoms with Crippen molar-refractivity contribution in [3.8, 4) is 0 Å². The molecule has 2 heteroatoms. The Morgan fingerprint density at radius 1 is 0.636 bits per heavy atom. The molecule has 0 radical (unpaired) electrons. The van der Waals surface area contributed by atoms with E-state index < -0.39 is 0 Å². The highest BCUT2D eigenvalue weighted by Crippen LogP contribution is 2.83. The van der Waals surface area contributed by atoms with Crippen molar-refractivity contribution in [2.24, 2.45) is 35.5 Å². The standard InChI is InChI=1S/C31H48P2/c1-20(2)32(21(3)4)28-6-5-7-29(28)33(30-14-22-8-23(15-30)10-24(9-22)16-30)31-17-25-11-26(18-31)13-27(12-25)19-31/h5-7,20-28H,8-19H2,1-4H3. The third kappa shape index (κ3) is 3.49. The lowest BCUT2D eigenvalue weighted by atomic mass is 9.55. The number of hydrogen-bond donors (Lipinski definition) is 0. The van der Waals surface area contributed by atoms with E-state index in [4.69, 9.17) is 0 Å². The van der Waals surface area contributed by atoms with Gasteiger partial charge < -0.3 is 0 Å². The summed E-state index contributed by atoms with van der Waals surface area (Å²) in [5, 5.41) is 3.53. The van der Waals surface area contributed by atoms with Crippen molar-refractivity contribution in [1.29, 1.82) is 0 Å².